The van der Waals surface area contributed by atoms with Crippen LogP contribution in [-0.4, -0.2) is 20.6 Å². The van der Waals surface area contributed by atoms with Crippen LogP contribution in [0, 0.1) is 6.92 Å². The summed E-state index contributed by atoms with van der Waals surface area (Å²) in [5.41, 5.74) is 0. The SMILES string of the molecule is Cc1cc(Cl)c(-c2nnn[nH]2)s1. The van der Waals surface area contributed by atoms with Crippen molar-refractivity contribution in [1.82, 2.24) is 20.6 Å². The number of hydrogen-bond donors (Lipinski definition) is 1. The third-order valence-corrected chi connectivity index (χ3v) is 2.84. The van der Waals surface area contributed by atoms with Crippen molar-refractivity contribution in [2.45, 2.75) is 6.92 Å². The Hall–Kier alpha value is -0.940. The maximum atomic E-state index is 5.93. The van der Waals surface area contributed by atoms with E-state index in [9.17, 15) is 0 Å². The first-order chi connectivity index (χ1) is 5.77. The molecule has 2 aromatic heterocycles. The molecular formula is C6H5ClN4S. The van der Waals surface area contributed by atoms with Gasteiger partial charge in [-0.15, -0.1) is 16.4 Å². The highest BCUT2D eigenvalue weighted by Gasteiger charge is 2.09. The number of H-pyrrole nitrogens is 1. The lowest BCUT2D eigenvalue weighted by atomic mass is 10.4. The van der Waals surface area contributed by atoms with Crippen LogP contribution >= 0.6 is 22.9 Å². The predicted octanol–water partition coefficient (Wildman–Crippen LogP) is 1.89. The number of thiophene rings is 1. The third kappa shape index (κ3) is 1.21. The van der Waals surface area contributed by atoms with Crippen molar-refractivity contribution in [3.63, 3.8) is 0 Å². The van der Waals surface area contributed by atoms with Gasteiger partial charge in [0.05, 0.1) is 9.90 Å². The fraction of sp³-hybridized carbons (Fsp3) is 0.167. The van der Waals surface area contributed by atoms with E-state index in [0.29, 0.717) is 10.8 Å². The second-order valence-corrected chi connectivity index (χ2v) is 3.95. The van der Waals surface area contributed by atoms with E-state index >= 15 is 0 Å². The lowest BCUT2D eigenvalue weighted by Gasteiger charge is -1.86. The number of aromatic nitrogens is 4. The number of aromatic amines is 1. The van der Waals surface area contributed by atoms with Gasteiger partial charge in [0.25, 0.3) is 0 Å². The molecule has 2 heterocycles. The molecule has 6 heteroatoms. The van der Waals surface area contributed by atoms with Gasteiger partial charge in [0.15, 0.2) is 5.82 Å². The van der Waals surface area contributed by atoms with Gasteiger partial charge in [-0.25, -0.2) is 5.10 Å². The molecule has 0 unspecified atom stereocenters. The Balaban J connectivity index is 2.54. The molecule has 0 aliphatic heterocycles. The van der Waals surface area contributed by atoms with Crippen molar-refractivity contribution in [1.29, 1.82) is 0 Å². The van der Waals surface area contributed by atoms with Crippen molar-refractivity contribution in [3.8, 4) is 10.7 Å². The quantitative estimate of drug-likeness (QED) is 0.765. The monoisotopic (exact) mass is 200 g/mol. The van der Waals surface area contributed by atoms with Crippen molar-refractivity contribution in [3.05, 3.63) is 16.0 Å². The maximum absolute atomic E-state index is 5.93. The summed E-state index contributed by atoms with van der Waals surface area (Å²) in [7, 11) is 0. The second-order valence-electron chi connectivity index (χ2n) is 2.28. The van der Waals surface area contributed by atoms with Gasteiger partial charge in [0.2, 0.25) is 0 Å². The Morgan fingerprint density at radius 2 is 2.42 bits per heavy atom. The van der Waals surface area contributed by atoms with Crippen molar-refractivity contribution in [2.75, 3.05) is 0 Å². The average Bonchev–Trinajstić information content (AvgIpc) is 2.58. The summed E-state index contributed by atoms with van der Waals surface area (Å²) < 4.78 is 0. The Bertz CT molecular complexity index is 380. The van der Waals surface area contributed by atoms with Crippen LogP contribution in [-0.2, 0) is 0 Å². The van der Waals surface area contributed by atoms with Gasteiger partial charge < -0.3 is 0 Å². The molecule has 0 saturated heterocycles. The summed E-state index contributed by atoms with van der Waals surface area (Å²) >= 11 is 7.50. The maximum Gasteiger partial charge on any atom is 0.191 e. The molecule has 0 fully saturated rings. The van der Waals surface area contributed by atoms with E-state index in [1.807, 2.05) is 13.0 Å². The van der Waals surface area contributed by atoms with Crippen molar-refractivity contribution < 1.29 is 0 Å². The normalized spacial score (nSPS) is 10.5. The molecule has 0 amide bonds. The third-order valence-electron chi connectivity index (χ3n) is 1.37. The average molecular weight is 201 g/mol. The summed E-state index contributed by atoms with van der Waals surface area (Å²) in [6, 6.07) is 1.89. The van der Waals surface area contributed by atoms with Crippen LogP contribution in [0.25, 0.3) is 10.7 Å². The molecule has 0 atom stereocenters. The molecule has 2 rings (SSSR count). The van der Waals surface area contributed by atoms with Gasteiger partial charge in [-0.2, -0.15) is 0 Å². The number of halogens is 1. The van der Waals surface area contributed by atoms with E-state index in [2.05, 4.69) is 20.6 Å². The Kier molecular flexibility index (Phi) is 1.82. The lowest BCUT2D eigenvalue weighted by molar-refractivity contribution is 0.881. The van der Waals surface area contributed by atoms with Gasteiger partial charge in [0.1, 0.15) is 0 Å². The zero-order valence-electron chi connectivity index (χ0n) is 6.21. The first-order valence-electron chi connectivity index (χ1n) is 3.27. The molecule has 12 heavy (non-hydrogen) atoms. The number of rotatable bonds is 1. The molecule has 0 aromatic carbocycles. The van der Waals surface area contributed by atoms with Crippen LogP contribution in [0.3, 0.4) is 0 Å². The predicted molar refractivity (Wildman–Crippen MR) is 47.2 cm³/mol. The molecule has 0 saturated carbocycles. The van der Waals surface area contributed by atoms with Crippen LogP contribution in [0.4, 0.5) is 0 Å². The molecule has 2 aromatic rings. The molecule has 0 bridgehead atoms. The first-order valence-corrected chi connectivity index (χ1v) is 4.47. The largest absolute Gasteiger partial charge is 0.238 e. The van der Waals surface area contributed by atoms with Crippen LogP contribution < -0.4 is 0 Å². The minimum absolute atomic E-state index is 0.623. The molecule has 62 valence electrons. The van der Waals surface area contributed by atoms with Crippen LogP contribution in [0.5, 0.6) is 0 Å². The molecule has 0 radical (unpaired) electrons. The van der Waals surface area contributed by atoms with Crippen molar-refractivity contribution >= 4 is 22.9 Å². The number of nitrogens with zero attached hydrogens (tertiary/aromatic N) is 3. The van der Waals surface area contributed by atoms with Crippen LogP contribution in [0.15, 0.2) is 6.07 Å². The summed E-state index contributed by atoms with van der Waals surface area (Å²) in [6.07, 6.45) is 0. The van der Waals surface area contributed by atoms with E-state index in [4.69, 9.17) is 11.6 Å². The Labute approximate surface area is 77.6 Å². The van der Waals surface area contributed by atoms with Gasteiger partial charge in [-0.3, -0.25) is 0 Å². The number of tetrazole rings is 1. The standard InChI is InChI=1S/C6H5ClN4S/c1-3-2-4(7)5(12-3)6-8-10-11-9-6/h2H,1H3,(H,8,9,10,11). The summed E-state index contributed by atoms with van der Waals surface area (Å²) in [5, 5.41) is 14.1. The highest BCUT2D eigenvalue weighted by molar-refractivity contribution is 7.16. The molecule has 0 aliphatic rings. The zero-order valence-corrected chi connectivity index (χ0v) is 7.78. The molecule has 0 spiro atoms. The lowest BCUT2D eigenvalue weighted by Crippen LogP contribution is -1.75. The van der Waals surface area contributed by atoms with Crippen molar-refractivity contribution in [2.24, 2.45) is 0 Å². The van der Waals surface area contributed by atoms with Gasteiger partial charge in [-0.05, 0) is 23.4 Å². The van der Waals surface area contributed by atoms with E-state index in [-0.39, 0.29) is 0 Å². The number of hydrogen-bond acceptors (Lipinski definition) is 4. The van der Waals surface area contributed by atoms with Gasteiger partial charge >= 0.3 is 0 Å². The first kappa shape index (κ1) is 7.70. The van der Waals surface area contributed by atoms with E-state index in [1.165, 1.54) is 0 Å². The van der Waals surface area contributed by atoms with Crippen LogP contribution in [0.1, 0.15) is 4.88 Å². The minimum atomic E-state index is 0.623. The minimum Gasteiger partial charge on any atom is -0.238 e. The van der Waals surface area contributed by atoms with E-state index < -0.39 is 0 Å². The fourth-order valence-corrected chi connectivity index (χ4v) is 2.17. The molecular weight excluding hydrogens is 196 g/mol. The Morgan fingerprint density at radius 1 is 1.58 bits per heavy atom. The summed E-state index contributed by atoms with van der Waals surface area (Å²) in [5.74, 6) is 0.623. The summed E-state index contributed by atoms with van der Waals surface area (Å²) in [6.45, 7) is 1.99. The molecule has 4 nitrogen and oxygen atoms in total. The summed E-state index contributed by atoms with van der Waals surface area (Å²) in [4.78, 5) is 2.03. The Morgan fingerprint density at radius 3 is 2.92 bits per heavy atom. The zero-order chi connectivity index (χ0) is 8.55. The highest BCUT2D eigenvalue weighted by atomic mass is 35.5. The smallest absolute Gasteiger partial charge is 0.191 e. The molecule has 1 N–H and O–H groups in total. The number of aryl methyl sites for hydroxylation is 1. The van der Waals surface area contributed by atoms with Gasteiger partial charge in [0, 0.05) is 4.88 Å². The second kappa shape index (κ2) is 2.84. The van der Waals surface area contributed by atoms with E-state index in [0.717, 1.165) is 9.75 Å². The topological polar surface area (TPSA) is 54.5 Å². The molecule has 0 aliphatic carbocycles. The highest BCUT2D eigenvalue weighted by Crippen LogP contribution is 2.33. The fourth-order valence-electron chi connectivity index (χ4n) is 0.900. The number of nitrogens with one attached hydrogen (secondary N) is 1. The van der Waals surface area contributed by atoms with Gasteiger partial charge in [-0.1, -0.05) is 11.6 Å². The van der Waals surface area contributed by atoms with Crippen LogP contribution in [0.2, 0.25) is 5.02 Å². The van der Waals surface area contributed by atoms with E-state index in [1.54, 1.807) is 11.3 Å².